The number of nitrogens with zero attached hydrogens (tertiary/aromatic N) is 2. The number of amides is 2. The fraction of sp³-hybridized carbons (Fsp3) is 0.111. The van der Waals surface area contributed by atoms with E-state index < -0.39 is 12.1 Å². The molecule has 0 heterocycles. The Morgan fingerprint density at radius 1 is 1.33 bits per heavy atom. The summed E-state index contributed by atoms with van der Waals surface area (Å²) in [5.41, 5.74) is 6.16. The van der Waals surface area contributed by atoms with Gasteiger partial charge >= 0.3 is 6.03 Å². The molecule has 2 amide bonds. The molecule has 0 bridgehead atoms. The summed E-state index contributed by atoms with van der Waals surface area (Å²) in [5, 5.41) is 19.1. The van der Waals surface area contributed by atoms with E-state index in [-0.39, 0.29) is 0 Å². The molecule has 0 aliphatic heterocycles. The minimum Gasteiger partial charge on any atom is -0.456 e. The van der Waals surface area contributed by atoms with Gasteiger partial charge in [0.15, 0.2) is 0 Å². The number of hydroxylamine groups is 2. The fourth-order valence-corrected chi connectivity index (χ4v) is 1.97. The number of hydrogen-bond donors (Lipinski definition) is 2. The van der Waals surface area contributed by atoms with Crippen LogP contribution in [0.4, 0.5) is 4.79 Å². The predicted octanol–water partition coefficient (Wildman–Crippen LogP) is 3.52. The highest BCUT2D eigenvalue weighted by molar-refractivity contribution is 5.71. The summed E-state index contributed by atoms with van der Waals surface area (Å²) in [6, 6.07) is 14.8. The van der Waals surface area contributed by atoms with Crippen molar-refractivity contribution in [3.63, 3.8) is 0 Å². The van der Waals surface area contributed by atoms with Crippen LogP contribution >= 0.6 is 0 Å². The van der Waals surface area contributed by atoms with E-state index in [0.717, 1.165) is 5.56 Å². The highest BCUT2D eigenvalue weighted by Gasteiger charge is 2.11. The van der Waals surface area contributed by atoms with E-state index in [2.05, 4.69) is 6.07 Å². The number of nitrogens with two attached hydrogens (primary N) is 1. The number of benzene rings is 2. The van der Waals surface area contributed by atoms with Gasteiger partial charge in [0.2, 0.25) is 0 Å². The van der Waals surface area contributed by atoms with Crippen molar-refractivity contribution < 1.29 is 14.7 Å². The Bertz CT molecular complexity index is 782. The van der Waals surface area contributed by atoms with Crippen molar-refractivity contribution in [2.45, 2.75) is 13.0 Å². The average Bonchev–Trinajstić information content (AvgIpc) is 2.60. The van der Waals surface area contributed by atoms with Crippen molar-refractivity contribution in [3.8, 4) is 17.6 Å². The van der Waals surface area contributed by atoms with Crippen molar-refractivity contribution in [1.29, 1.82) is 5.26 Å². The summed E-state index contributed by atoms with van der Waals surface area (Å²) in [4.78, 5) is 10.9. The smallest absolute Gasteiger partial charge is 0.339 e. The zero-order valence-corrected chi connectivity index (χ0v) is 13.1. The van der Waals surface area contributed by atoms with Crippen LogP contribution in [-0.4, -0.2) is 22.3 Å². The van der Waals surface area contributed by atoms with E-state index in [0.29, 0.717) is 22.1 Å². The summed E-state index contributed by atoms with van der Waals surface area (Å²) in [6.45, 7) is 1.62. The zero-order chi connectivity index (χ0) is 17.5. The number of carbonyl (C=O) groups is 1. The van der Waals surface area contributed by atoms with Crippen LogP contribution in [0.1, 0.15) is 18.1 Å². The molecule has 1 atom stereocenters. The van der Waals surface area contributed by atoms with Crippen molar-refractivity contribution in [2.24, 2.45) is 5.73 Å². The number of carbonyl (C=O) groups excluding carboxylic acids is 1. The van der Waals surface area contributed by atoms with Gasteiger partial charge in [-0.15, -0.1) is 0 Å². The van der Waals surface area contributed by atoms with Crippen LogP contribution in [0.15, 0.2) is 54.6 Å². The maximum absolute atomic E-state index is 10.9. The van der Waals surface area contributed by atoms with Gasteiger partial charge in [0.05, 0.1) is 11.6 Å². The van der Waals surface area contributed by atoms with Crippen LogP contribution in [0.3, 0.4) is 0 Å². The Kier molecular flexibility index (Phi) is 5.55. The highest BCUT2D eigenvalue weighted by Crippen LogP contribution is 2.26. The molecule has 122 valence electrons. The Hall–Kier alpha value is -3.30. The van der Waals surface area contributed by atoms with Gasteiger partial charge in [0.25, 0.3) is 0 Å². The van der Waals surface area contributed by atoms with E-state index in [1.54, 1.807) is 49.4 Å². The quantitative estimate of drug-likeness (QED) is 0.649. The van der Waals surface area contributed by atoms with E-state index in [1.165, 1.54) is 0 Å². The van der Waals surface area contributed by atoms with Gasteiger partial charge in [-0.2, -0.15) is 10.3 Å². The summed E-state index contributed by atoms with van der Waals surface area (Å²) in [7, 11) is 0. The number of hydrogen-bond acceptors (Lipinski definition) is 4. The van der Waals surface area contributed by atoms with Crippen molar-refractivity contribution in [2.75, 3.05) is 0 Å². The molecule has 6 heteroatoms. The van der Waals surface area contributed by atoms with Crippen LogP contribution in [-0.2, 0) is 0 Å². The Balaban J connectivity index is 2.22. The number of urea groups is 1. The van der Waals surface area contributed by atoms with Crippen LogP contribution in [0.25, 0.3) is 6.08 Å². The monoisotopic (exact) mass is 323 g/mol. The lowest BCUT2D eigenvalue weighted by molar-refractivity contribution is -0.0560. The Morgan fingerprint density at radius 2 is 2.04 bits per heavy atom. The van der Waals surface area contributed by atoms with Gasteiger partial charge in [0, 0.05) is 0 Å². The normalized spacial score (nSPS) is 11.7. The van der Waals surface area contributed by atoms with Gasteiger partial charge in [-0.3, -0.25) is 5.21 Å². The zero-order valence-electron chi connectivity index (χ0n) is 13.1. The number of primary amides is 1. The van der Waals surface area contributed by atoms with Crippen LogP contribution in [0.2, 0.25) is 0 Å². The topological polar surface area (TPSA) is 99.6 Å². The first-order valence-electron chi connectivity index (χ1n) is 7.24. The second-order valence-corrected chi connectivity index (χ2v) is 5.07. The molecule has 6 nitrogen and oxygen atoms in total. The largest absolute Gasteiger partial charge is 0.456 e. The predicted molar refractivity (Wildman–Crippen MR) is 89.4 cm³/mol. The SMILES string of the molecule is CC(C=Cc1ccc(C#N)c(Oc2ccccc2)c1)N(O)C(N)=O. The molecule has 0 radical (unpaired) electrons. The van der Waals surface area contributed by atoms with E-state index >= 15 is 0 Å². The molecule has 0 spiro atoms. The third-order valence-electron chi connectivity index (χ3n) is 3.28. The first-order valence-corrected chi connectivity index (χ1v) is 7.24. The average molecular weight is 323 g/mol. The molecule has 24 heavy (non-hydrogen) atoms. The summed E-state index contributed by atoms with van der Waals surface area (Å²) >= 11 is 0. The number of nitriles is 1. The molecule has 2 rings (SSSR count). The van der Waals surface area contributed by atoms with Crippen LogP contribution in [0.5, 0.6) is 11.5 Å². The summed E-state index contributed by atoms with van der Waals surface area (Å²) in [5.74, 6) is 1.05. The maximum Gasteiger partial charge on any atom is 0.339 e. The molecule has 2 aromatic rings. The Morgan fingerprint density at radius 3 is 2.67 bits per heavy atom. The van der Waals surface area contributed by atoms with Gasteiger partial charge < -0.3 is 10.5 Å². The molecule has 0 saturated heterocycles. The van der Waals surface area contributed by atoms with Crippen molar-refractivity contribution in [1.82, 2.24) is 5.06 Å². The first-order chi connectivity index (χ1) is 11.5. The lowest BCUT2D eigenvalue weighted by Crippen LogP contribution is -2.38. The molecular formula is C18H17N3O3. The maximum atomic E-state index is 10.9. The summed E-state index contributed by atoms with van der Waals surface area (Å²) < 4.78 is 5.74. The third-order valence-corrected chi connectivity index (χ3v) is 3.28. The molecule has 0 aromatic heterocycles. The van der Waals surface area contributed by atoms with Gasteiger partial charge in [-0.1, -0.05) is 36.4 Å². The Labute approximate surface area is 140 Å². The minimum atomic E-state index is -0.930. The third kappa shape index (κ3) is 4.35. The van der Waals surface area contributed by atoms with Gasteiger partial charge in [-0.05, 0) is 36.8 Å². The van der Waals surface area contributed by atoms with Gasteiger partial charge in [-0.25, -0.2) is 4.79 Å². The highest BCUT2D eigenvalue weighted by atomic mass is 16.5. The van der Waals surface area contributed by atoms with E-state index in [4.69, 9.17) is 10.5 Å². The molecule has 0 aliphatic rings. The van der Waals surface area contributed by atoms with Crippen molar-refractivity contribution >= 4 is 12.1 Å². The second kappa shape index (κ2) is 7.81. The second-order valence-electron chi connectivity index (χ2n) is 5.07. The number of para-hydroxylation sites is 1. The number of ether oxygens (including phenoxy) is 1. The molecule has 1 unspecified atom stereocenters. The molecule has 0 saturated carbocycles. The lowest BCUT2D eigenvalue weighted by atomic mass is 10.1. The standard InChI is InChI=1S/C18H17N3O3/c1-13(21(23)18(20)22)7-8-14-9-10-15(12-19)17(11-14)24-16-5-3-2-4-6-16/h2-11,13,23H,1H3,(H2,20,22). The number of rotatable bonds is 5. The molecule has 0 aliphatic carbocycles. The lowest BCUT2D eigenvalue weighted by Gasteiger charge is -2.16. The van der Waals surface area contributed by atoms with E-state index in [9.17, 15) is 15.3 Å². The molecule has 3 N–H and O–H groups in total. The van der Waals surface area contributed by atoms with E-state index in [1.807, 2.05) is 18.2 Å². The fourth-order valence-electron chi connectivity index (χ4n) is 1.97. The molecule has 0 fully saturated rings. The summed E-state index contributed by atoms with van der Waals surface area (Å²) in [6.07, 6.45) is 3.31. The minimum absolute atomic E-state index is 0.407. The van der Waals surface area contributed by atoms with Crippen LogP contribution in [0, 0.1) is 11.3 Å². The first kappa shape index (κ1) is 17.1. The molecular weight excluding hydrogens is 306 g/mol. The van der Waals surface area contributed by atoms with Crippen molar-refractivity contribution in [3.05, 3.63) is 65.7 Å². The van der Waals surface area contributed by atoms with Gasteiger partial charge in [0.1, 0.15) is 17.6 Å². The molecule has 2 aromatic carbocycles. The van der Waals surface area contributed by atoms with Crippen LogP contribution < -0.4 is 10.5 Å².